The third kappa shape index (κ3) is 5.94. The van der Waals surface area contributed by atoms with Crippen molar-refractivity contribution in [2.75, 3.05) is 27.2 Å². The molecule has 0 aliphatic heterocycles. The van der Waals surface area contributed by atoms with E-state index in [1.165, 1.54) is 0 Å². The van der Waals surface area contributed by atoms with Crippen molar-refractivity contribution in [3.8, 4) is 5.75 Å². The zero-order valence-corrected chi connectivity index (χ0v) is 15.5. The largest absolute Gasteiger partial charge is 0.494 e. The second-order valence-electron chi connectivity index (χ2n) is 6.76. The van der Waals surface area contributed by atoms with Crippen LogP contribution < -0.4 is 10.1 Å². The Kier molecular flexibility index (Phi) is 7.07. The lowest BCUT2D eigenvalue weighted by atomic mass is 10.1. The molecule has 0 spiro atoms. The van der Waals surface area contributed by atoms with Gasteiger partial charge in [0.05, 0.1) is 18.9 Å². The van der Waals surface area contributed by atoms with E-state index in [4.69, 9.17) is 9.15 Å². The highest BCUT2D eigenvalue weighted by Gasteiger charge is 2.18. The number of nitrogens with one attached hydrogen (secondary N) is 1. The van der Waals surface area contributed by atoms with Crippen LogP contribution in [0.4, 0.5) is 0 Å². The molecule has 0 bridgehead atoms. The van der Waals surface area contributed by atoms with Gasteiger partial charge in [-0.3, -0.25) is 9.69 Å². The third-order valence-corrected chi connectivity index (χ3v) is 4.03. The van der Waals surface area contributed by atoms with Gasteiger partial charge >= 0.3 is 0 Å². The monoisotopic (exact) mass is 344 g/mol. The first-order valence-electron chi connectivity index (χ1n) is 8.68. The number of ether oxygens (including phenoxy) is 1. The molecule has 2 aromatic rings. The third-order valence-electron chi connectivity index (χ3n) is 4.03. The van der Waals surface area contributed by atoms with Crippen molar-refractivity contribution in [1.29, 1.82) is 0 Å². The zero-order valence-electron chi connectivity index (χ0n) is 15.5. The van der Waals surface area contributed by atoms with Crippen LogP contribution >= 0.6 is 0 Å². The van der Waals surface area contributed by atoms with Crippen LogP contribution in [0.25, 0.3) is 0 Å². The second kappa shape index (κ2) is 9.28. The normalized spacial score (nSPS) is 12.4. The summed E-state index contributed by atoms with van der Waals surface area (Å²) in [5.74, 6) is 2.13. The first-order valence-corrected chi connectivity index (χ1v) is 8.68. The van der Waals surface area contributed by atoms with E-state index in [2.05, 4.69) is 19.2 Å². The summed E-state index contributed by atoms with van der Waals surface area (Å²) in [6.07, 6.45) is 2.66. The van der Waals surface area contributed by atoms with Crippen molar-refractivity contribution < 1.29 is 13.9 Å². The van der Waals surface area contributed by atoms with Crippen LogP contribution in [0.1, 0.15) is 42.4 Å². The maximum absolute atomic E-state index is 12.4. The Balaban J connectivity index is 1.87. The number of nitrogens with zero attached hydrogens (tertiary/aromatic N) is 1. The van der Waals surface area contributed by atoms with Crippen molar-refractivity contribution in [3.63, 3.8) is 0 Å². The van der Waals surface area contributed by atoms with E-state index in [1.807, 2.05) is 43.3 Å². The average molecular weight is 344 g/mol. The Morgan fingerprint density at radius 1 is 1.20 bits per heavy atom. The number of benzene rings is 1. The van der Waals surface area contributed by atoms with Gasteiger partial charge in [-0.15, -0.1) is 0 Å². The van der Waals surface area contributed by atoms with Crippen molar-refractivity contribution >= 4 is 5.91 Å². The smallest absolute Gasteiger partial charge is 0.251 e. The molecule has 0 fully saturated rings. The molecular formula is C20H28N2O3. The molecule has 0 aliphatic rings. The molecule has 1 aromatic heterocycles. The summed E-state index contributed by atoms with van der Waals surface area (Å²) >= 11 is 0. The maximum Gasteiger partial charge on any atom is 0.251 e. The number of hydrogen-bond donors (Lipinski definition) is 1. The van der Waals surface area contributed by atoms with E-state index in [9.17, 15) is 4.79 Å². The molecule has 5 nitrogen and oxygen atoms in total. The maximum atomic E-state index is 12.4. The molecule has 1 amide bonds. The molecule has 136 valence electrons. The van der Waals surface area contributed by atoms with Crippen LogP contribution in [0.5, 0.6) is 5.75 Å². The van der Waals surface area contributed by atoms with E-state index in [0.29, 0.717) is 24.6 Å². The fraction of sp³-hybridized carbons (Fsp3) is 0.450. The number of carbonyl (C=O) groups excluding carboxylic acids is 1. The molecule has 2 rings (SSSR count). The lowest BCUT2D eigenvalue weighted by Crippen LogP contribution is -2.34. The minimum atomic E-state index is -0.105. The molecule has 0 saturated carbocycles. The van der Waals surface area contributed by atoms with E-state index in [0.717, 1.165) is 17.9 Å². The number of hydrogen-bond acceptors (Lipinski definition) is 4. The zero-order chi connectivity index (χ0) is 18.2. The number of likely N-dealkylation sites (N-methyl/N-ethyl adjacent to an activating group) is 1. The summed E-state index contributed by atoms with van der Waals surface area (Å²) in [6.45, 7) is 5.50. The van der Waals surface area contributed by atoms with Gasteiger partial charge < -0.3 is 14.5 Å². The molecular weight excluding hydrogens is 316 g/mol. The number of furan rings is 1. The van der Waals surface area contributed by atoms with E-state index in [-0.39, 0.29) is 11.9 Å². The summed E-state index contributed by atoms with van der Waals surface area (Å²) in [5, 5.41) is 2.96. The number of amides is 1. The van der Waals surface area contributed by atoms with Gasteiger partial charge in [-0.25, -0.2) is 0 Å². The minimum absolute atomic E-state index is 0.00223. The summed E-state index contributed by atoms with van der Waals surface area (Å²) in [7, 11) is 3.92. The van der Waals surface area contributed by atoms with Gasteiger partial charge in [0.1, 0.15) is 11.5 Å². The highest BCUT2D eigenvalue weighted by atomic mass is 16.5. The SMILES string of the molecule is CC(C)CCOc1ccc(C(=O)NC[C@H](c2ccco2)N(C)C)cc1. The predicted molar refractivity (Wildman–Crippen MR) is 98.9 cm³/mol. The van der Waals surface area contributed by atoms with E-state index in [1.54, 1.807) is 18.4 Å². The van der Waals surface area contributed by atoms with Gasteiger partial charge in [-0.1, -0.05) is 13.8 Å². The summed E-state index contributed by atoms with van der Waals surface area (Å²) in [5.41, 5.74) is 0.619. The average Bonchev–Trinajstić information content (AvgIpc) is 3.09. The van der Waals surface area contributed by atoms with Gasteiger partial charge in [-0.05, 0) is 62.8 Å². The van der Waals surface area contributed by atoms with Crippen molar-refractivity contribution in [2.45, 2.75) is 26.3 Å². The Morgan fingerprint density at radius 3 is 2.48 bits per heavy atom. The van der Waals surface area contributed by atoms with E-state index < -0.39 is 0 Å². The second-order valence-corrected chi connectivity index (χ2v) is 6.76. The van der Waals surface area contributed by atoms with Gasteiger partial charge in [-0.2, -0.15) is 0 Å². The molecule has 0 saturated heterocycles. The fourth-order valence-corrected chi connectivity index (χ4v) is 2.42. The van der Waals surface area contributed by atoms with Crippen molar-refractivity contribution in [2.24, 2.45) is 5.92 Å². The fourth-order valence-electron chi connectivity index (χ4n) is 2.42. The van der Waals surface area contributed by atoms with Crippen LogP contribution in [0.15, 0.2) is 47.1 Å². The van der Waals surface area contributed by atoms with Crippen LogP contribution in [0.2, 0.25) is 0 Å². The summed E-state index contributed by atoms with van der Waals surface area (Å²) in [4.78, 5) is 14.4. The lowest BCUT2D eigenvalue weighted by molar-refractivity contribution is 0.0939. The Bertz CT molecular complexity index is 633. The molecule has 0 unspecified atom stereocenters. The molecule has 1 atom stereocenters. The van der Waals surface area contributed by atoms with Gasteiger partial charge in [0, 0.05) is 12.1 Å². The molecule has 1 aromatic carbocycles. The highest BCUT2D eigenvalue weighted by molar-refractivity contribution is 5.94. The summed E-state index contributed by atoms with van der Waals surface area (Å²) in [6, 6.07) is 11.0. The Labute approximate surface area is 150 Å². The predicted octanol–water partition coefficient (Wildman–Crippen LogP) is 3.74. The van der Waals surface area contributed by atoms with Gasteiger partial charge in [0.25, 0.3) is 5.91 Å². The number of rotatable bonds is 9. The molecule has 1 N–H and O–H groups in total. The first kappa shape index (κ1) is 19.1. The highest BCUT2D eigenvalue weighted by Crippen LogP contribution is 2.18. The number of carbonyl (C=O) groups is 1. The topological polar surface area (TPSA) is 54.7 Å². The molecule has 1 heterocycles. The van der Waals surface area contributed by atoms with Crippen molar-refractivity contribution in [3.05, 3.63) is 54.0 Å². The van der Waals surface area contributed by atoms with Crippen LogP contribution in [0, 0.1) is 5.92 Å². The van der Waals surface area contributed by atoms with Gasteiger partial charge in [0.2, 0.25) is 0 Å². The van der Waals surface area contributed by atoms with Crippen LogP contribution in [-0.4, -0.2) is 38.1 Å². The minimum Gasteiger partial charge on any atom is -0.494 e. The van der Waals surface area contributed by atoms with Crippen molar-refractivity contribution in [1.82, 2.24) is 10.2 Å². The molecule has 5 heteroatoms. The standard InChI is InChI=1S/C20H28N2O3/c1-15(2)11-13-24-17-9-7-16(8-10-17)20(23)21-14-18(22(3)4)19-6-5-12-25-19/h5-10,12,15,18H,11,13-14H2,1-4H3,(H,21,23)/t18-/m1/s1. The Hall–Kier alpha value is -2.27. The van der Waals surface area contributed by atoms with Crippen LogP contribution in [-0.2, 0) is 0 Å². The lowest BCUT2D eigenvalue weighted by Gasteiger charge is -2.22. The Morgan fingerprint density at radius 2 is 1.92 bits per heavy atom. The van der Waals surface area contributed by atoms with Crippen LogP contribution in [0.3, 0.4) is 0 Å². The van der Waals surface area contributed by atoms with Gasteiger partial charge in [0.15, 0.2) is 0 Å². The quantitative estimate of drug-likeness (QED) is 0.753. The molecule has 25 heavy (non-hydrogen) atoms. The molecule has 0 aliphatic carbocycles. The first-order chi connectivity index (χ1) is 12.0. The summed E-state index contributed by atoms with van der Waals surface area (Å²) < 4.78 is 11.1. The molecule has 0 radical (unpaired) electrons. The van der Waals surface area contributed by atoms with E-state index >= 15 is 0 Å².